The van der Waals surface area contributed by atoms with Gasteiger partial charge in [0.25, 0.3) is 0 Å². The van der Waals surface area contributed by atoms with Gasteiger partial charge in [-0.05, 0) is 31.2 Å². The van der Waals surface area contributed by atoms with Crippen LogP contribution in [0.5, 0.6) is 0 Å². The van der Waals surface area contributed by atoms with Crippen LogP contribution in [-0.2, 0) is 6.42 Å². The van der Waals surface area contributed by atoms with Crippen molar-refractivity contribution >= 4 is 15.9 Å². The summed E-state index contributed by atoms with van der Waals surface area (Å²) in [6, 6.07) is 5.39. The Hall–Kier alpha value is -1.20. The number of hydrogen-bond donors (Lipinski definition) is 2. The number of H-pyrrole nitrogens is 1. The van der Waals surface area contributed by atoms with Gasteiger partial charge in [-0.3, -0.25) is 0 Å². The summed E-state index contributed by atoms with van der Waals surface area (Å²) in [7, 11) is 0. The maximum Gasteiger partial charge on any atom is 0.132 e. The third kappa shape index (κ3) is 4.15. The second-order valence-electron chi connectivity index (χ2n) is 5.08. The average Bonchev–Trinajstić information content (AvgIpc) is 2.86. The van der Waals surface area contributed by atoms with Crippen LogP contribution >= 0.6 is 15.9 Å². The number of benzene rings is 1. The molecule has 2 N–H and O–H groups in total. The zero-order chi connectivity index (χ0) is 14.5. The highest BCUT2D eigenvalue weighted by Gasteiger charge is 2.09. The van der Waals surface area contributed by atoms with Crippen molar-refractivity contribution in [2.75, 3.05) is 6.54 Å². The van der Waals surface area contributed by atoms with Gasteiger partial charge in [0.2, 0.25) is 0 Å². The fraction of sp³-hybridized carbons (Fsp3) is 0.400. The molecule has 0 radical (unpaired) electrons. The molecule has 2 aromatic rings. The molecule has 0 atom stereocenters. The lowest BCUT2D eigenvalue weighted by Gasteiger charge is -2.06. The summed E-state index contributed by atoms with van der Waals surface area (Å²) in [5, 5.41) is 3.36. The van der Waals surface area contributed by atoms with Crippen molar-refractivity contribution < 1.29 is 4.39 Å². The molecule has 3 nitrogen and oxygen atoms in total. The number of imidazole rings is 1. The molecule has 20 heavy (non-hydrogen) atoms. The van der Waals surface area contributed by atoms with E-state index in [-0.39, 0.29) is 5.82 Å². The zero-order valence-corrected chi connectivity index (χ0v) is 13.3. The van der Waals surface area contributed by atoms with Crippen LogP contribution in [0.1, 0.15) is 26.1 Å². The molecular formula is C15H19BrFN3. The molecule has 0 spiro atoms. The molecule has 0 unspecified atom stereocenters. The molecule has 5 heteroatoms. The maximum absolute atomic E-state index is 13.8. The van der Waals surface area contributed by atoms with E-state index >= 15 is 0 Å². The first-order chi connectivity index (χ1) is 9.56. The molecule has 108 valence electrons. The fourth-order valence-electron chi connectivity index (χ4n) is 1.98. The van der Waals surface area contributed by atoms with Gasteiger partial charge >= 0.3 is 0 Å². The monoisotopic (exact) mass is 339 g/mol. The zero-order valence-electron chi connectivity index (χ0n) is 11.7. The van der Waals surface area contributed by atoms with Crippen molar-refractivity contribution in [1.29, 1.82) is 0 Å². The van der Waals surface area contributed by atoms with Gasteiger partial charge in [0, 0.05) is 22.5 Å². The number of aromatic amines is 1. The van der Waals surface area contributed by atoms with Crippen LogP contribution in [0, 0.1) is 5.82 Å². The summed E-state index contributed by atoms with van der Waals surface area (Å²) in [5.74, 6) is 0.648. The van der Waals surface area contributed by atoms with Crippen molar-refractivity contribution in [2.45, 2.75) is 32.7 Å². The number of nitrogens with zero attached hydrogens (tertiary/aromatic N) is 1. The third-order valence-electron chi connectivity index (χ3n) is 2.99. The minimum absolute atomic E-state index is 0.245. The number of halogens is 2. The summed E-state index contributed by atoms with van der Waals surface area (Å²) in [5.41, 5.74) is 1.26. The van der Waals surface area contributed by atoms with E-state index in [0.29, 0.717) is 11.6 Å². The molecule has 0 aliphatic carbocycles. The highest BCUT2D eigenvalue weighted by molar-refractivity contribution is 9.10. The van der Waals surface area contributed by atoms with Gasteiger partial charge in [-0.25, -0.2) is 9.37 Å². The van der Waals surface area contributed by atoms with Crippen molar-refractivity contribution in [1.82, 2.24) is 15.3 Å². The largest absolute Gasteiger partial charge is 0.342 e. The minimum Gasteiger partial charge on any atom is -0.342 e. The summed E-state index contributed by atoms with van der Waals surface area (Å²) < 4.78 is 14.6. The highest BCUT2D eigenvalue weighted by Crippen LogP contribution is 2.24. The Morgan fingerprint density at radius 2 is 2.20 bits per heavy atom. The van der Waals surface area contributed by atoms with E-state index in [1.54, 1.807) is 18.3 Å². The van der Waals surface area contributed by atoms with Crippen LogP contribution < -0.4 is 5.32 Å². The number of rotatable bonds is 6. The van der Waals surface area contributed by atoms with Gasteiger partial charge in [-0.1, -0.05) is 29.8 Å². The number of hydrogen-bond acceptors (Lipinski definition) is 2. The van der Waals surface area contributed by atoms with E-state index in [4.69, 9.17) is 0 Å². The fourth-order valence-corrected chi connectivity index (χ4v) is 2.34. The summed E-state index contributed by atoms with van der Waals surface area (Å²) in [6.45, 7) is 5.21. The van der Waals surface area contributed by atoms with E-state index in [1.165, 1.54) is 6.07 Å². The molecule has 1 heterocycles. The Morgan fingerprint density at radius 3 is 2.95 bits per heavy atom. The van der Waals surface area contributed by atoms with E-state index in [1.807, 2.05) is 0 Å². The lowest BCUT2D eigenvalue weighted by molar-refractivity contribution is 0.567. The Kier molecular flexibility index (Phi) is 5.31. The molecule has 0 aliphatic rings. The lowest BCUT2D eigenvalue weighted by atomic mass is 10.1. The average molecular weight is 340 g/mol. The van der Waals surface area contributed by atoms with Gasteiger partial charge in [0.05, 0.1) is 11.9 Å². The molecule has 0 saturated carbocycles. The SMILES string of the molecule is CC(C)NCCCc1ncc(-c2cc(Br)ccc2F)[nH]1. The number of aryl methyl sites for hydroxylation is 1. The minimum atomic E-state index is -0.245. The molecule has 0 fully saturated rings. The normalized spacial score (nSPS) is 11.2. The van der Waals surface area contributed by atoms with Gasteiger partial charge in [0.1, 0.15) is 11.6 Å². The van der Waals surface area contributed by atoms with E-state index in [0.717, 1.165) is 35.4 Å². The van der Waals surface area contributed by atoms with Crippen molar-refractivity contribution in [3.8, 4) is 11.3 Å². The molecule has 1 aromatic carbocycles. The Bertz CT molecular complexity index is 566. The molecule has 0 aliphatic heterocycles. The Balaban J connectivity index is 2.00. The second kappa shape index (κ2) is 6.99. The van der Waals surface area contributed by atoms with Crippen LogP contribution in [-0.4, -0.2) is 22.6 Å². The van der Waals surface area contributed by atoms with E-state index < -0.39 is 0 Å². The number of nitrogens with one attached hydrogen (secondary N) is 2. The highest BCUT2D eigenvalue weighted by atomic mass is 79.9. The molecule has 1 aromatic heterocycles. The van der Waals surface area contributed by atoms with Crippen LogP contribution in [0.3, 0.4) is 0 Å². The van der Waals surface area contributed by atoms with Crippen LogP contribution in [0.4, 0.5) is 4.39 Å². The second-order valence-corrected chi connectivity index (χ2v) is 6.00. The number of aromatic nitrogens is 2. The maximum atomic E-state index is 13.8. The quantitative estimate of drug-likeness (QED) is 0.783. The smallest absolute Gasteiger partial charge is 0.132 e. The van der Waals surface area contributed by atoms with Crippen molar-refractivity contribution in [2.24, 2.45) is 0 Å². The summed E-state index contributed by atoms with van der Waals surface area (Å²) >= 11 is 3.36. The third-order valence-corrected chi connectivity index (χ3v) is 3.48. The van der Waals surface area contributed by atoms with Crippen LogP contribution in [0.25, 0.3) is 11.3 Å². The van der Waals surface area contributed by atoms with Crippen molar-refractivity contribution in [3.63, 3.8) is 0 Å². The van der Waals surface area contributed by atoms with Crippen molar-refractivity contribution in [3.05, 3.63) is 40.5 Å². The molecule has 0 bridgehead atoms. The standard InChI is InChI=1S/C15H19BrFN3/c1-10(2)18-7-3-4-15-19-9-14(20-15)12-8-11(16)5-6-13(12)17/h5-6,8-10,18H,3-4,7H2,1-2H3,(H,19,20). The summed E-state index contributed by atoms with van der Waals surface area (Å²) in [4.78, 5) is 7.50. The van der Waals surface area contributed by atoms with Gasteiger partial charge in [0.15, 0.2) is 0 Å². The predicted octanol–water partition coefficient (Wildman–Crippen LogP) is 3.91. The van der Waals surface area contributed by atoms with Gasteiger partial charge in [-0.15, -0.1) is 0 Å². The van der Waals surface area contributed by atoms with E-state index in [2.05, 4.69) is 45.1 Å². The predicted molar refractivity (Wildman–Crippen MR) is 83.1 cm³/mol. The Labute approximate surface area is 127 Å². The lowest BCUT2D eigenvalue weighted by Crippen LogP contribution is -2.24. The van der Waals surface area contributed by atoms with Gasteiger partial charge < -0.3 is 10.3 Å². The van der Waals surface area contributed by atoms with Gasteiger partial charge in [-0.2, -0.15) is 0 Å². The first-order valence-electron chi connectivity index (χ1n) is 6.79. The topological polar surface area (TPSA) is 40.7 Å². The van der Waals surface area contributed by atoms with Crippen LogP contribution in [0.15, 0.2) is 28.9 Å². The Morgan fingerprint density at radius 1 is 1.40 bits per heavy atom. The molecular weight excluding hydrogens is 321 g/mol. The molecule has 0 amide bonds. The van der Waals surface area contributed by atoms with Crippen LogP contribution in [0.2, 0.25) is 0 Å². The first-order valence-corrected chi connectivity index (χ1v) is 7.58. The summed E-state index contributed by atoms with van der Waals surface area (Å²) in [6.07, 6.45) is 3.55. The molecule has 0 saturated heterocycles. The van der Waals surface area contributed by atoms with E-state index in [9.17, 15) is 4.39 Å². The molecule has 2 rings (SSSR count). The first kappa shape index (κ1) is 15.2.